The number of carboxylic acid groups (broad SMARTS) is 1. The zero-order chi connectivity index (χ0) is 14.5. The molecule has 0 aliphatic carbocycles. The summed E-state index contributed by atoms with van der Waals surface area (Å²) in [4.78, 5) is 22.6. The van der Waals surface area contributed by atoms with Gasteiger partial charge in [-0.05, 0) is 32.3 Å². The van der Waals surface area contributed by atoms with Gasteiger partial charge in [-0.3, -0.25) is 4.79 Å². The van der Waals surface area contributed by atoms with Gasteiger partial charge in [0, 0.05) is 6.61 Å². The van der Waals surface area contributed by atoms with Crippen molar-refractivity contribution in [1.82, 2.24) is 5.32 Å². The van der Waals surface area contributed by atoms with E-state index in [1.54, 1.807) is 6.92 Å². The van der Waals surface area contributed by atoms with Gasteiger partial charge in [-0.25, -0.2) is 4.79 Å². The van der Waals surface area contributed by atoms with E-state index in [9.17, 15) is 9.59 Å². The average Bonchev–Trinajstić information content (AvgIpc) is 2.79. The number of amides is 1. The van der Waals surface area contributed by atoms with Crippen LogP contribution in [0.1, 0.15) is 47.6 Å². The molecule has 1 fully saturated rings. The van der Waals surface area contributed by atoms with Gasteiger partial charge in [-0.2, -0.15) is 0 Å². The molecule has 20 heavy (non-hydrogen) atoms. The lowest BCUT2D eigenvalue weighted by atomic mass is 10.1. The van der Waals surface area contributed by atoms with Gasteiger partial charge >= 0.3 is 5.97 Å². The van der Waals surface area contributed by atoms with E-state index < -0.39 is 5.97 Å². The first-order valence-corrected chi connectivity index (χ1v) is 6.77. The first-order chi connectivity index (χ1) is 9.56. The fourth-order valence-electron chi connectivity index (χ4n) is 2.28. The standard InChI is InChI=1S/C14H19NO5/c1-9-12(14(17)18)6-11(20-9)8-15-13(16)7-10-4-2-3-5-19-10/h6,10H,2-5,7-8H2,1H3,(H,15,16)(H,17,18)/t10-/m1/s1. The number of carbonyl (C=O) groups is 2. The molecule has 1 aliphatic rings. The molecule has 6 nitrogen and oxygen atoms in total. The Labute approximate surface area is 117 Å². The second-order valence-corrected chi connectivity index (χ2v) is 4.96. The summed E-state index contributed by atoms with van der Waals surface area (Å²) in [5.41, 5.74) is 0.130. The zero-order valence-electron chi connectivity index (χ0n) is 11.5. The van der Waals surface area contributed by atoms with Crippen molar-refractivity contribution in [3.63, 3.8) is 0 Å². The van der Waals surface area contributed by atoms with E-state index in [2.05, 4.69) is 5.32 Å². The molecule has 1 atom stereocenters. The molecule has 2 rings (SSSR count). The summed E-state index contributed by atoms with van der Waals surface area (Å²) in [6.45, 7) is 2.50. The minimum Gasteiger partial charge on any atom is -0.478 e. The molecule has 0 bridgehead atoms. The summed E-state index contributed by atoms with van der Waals surface area (Å²) in [7, 11) is 0. The average molecular weight is 281 g/mol. The first kappa shape index (κ1) is 14.6. The summed E-state index contributed by atoms with van der Waals surface area (Å²) in [6.07, 6.45) is 3.40. The highest BCUT2D eigenvalue weighted by molar-refractivity contribution is 5.88. The molecular weight excluding hydrogens is 262 g/mol. The molecule has 0 aromatic carbocycles. The fraction of sp³-hybridized carbons (Fsp3) is 0.571. The number of rotatable bonds is 5. The quantitative estimate of drug-likeness (QED) is 0.860. The van der Waals surface area contributed by atoms with Crippen LogP contribution in [-0.4, -0.2) is 29.7 Å². The van der Waals surface area contributed by atoms with Crippen LogP contribution in [0.25, 0.3) is 0 Å². The van der Waals surface area contributed by atoms with Crippen molar-refractivity contribution in [2.45, 2.75) is 45.3 Å². The Balaban J connectivity index is 1.80. The van der Waals surface area contributed by atoms with Crippen molar-refractivity contribution in [2.75, 3.05) is 6.61 Å². The SMILES string of the molecule is Cc1oc(CNC(=O)C[C@H]2CCCCO2)cc1C(=O)O. The molecule has 6 heteroatoms. The van der Waals surface area contributed by atoms with E-state index in [1.165, 1.54) is 6.07 Å². The molecule has 1 aromatic rings. The van der Waals surface area contributed by atoms with Crippen LogP contribution in [0.5, 0.6) is 0 Å². The van der Waals surface area contributed by atoms with Gasteiger partial charge in [0.05, 0.1) is 19.1 Å². The van der Waals surface area contributed by atoms with Gasteiger partial charge in [0.15, 0.2) is 0 Å². The Hall–Kier alpha value is -1.82. The van der Waals surface area contributed by atoms with Gasteiger partial charge in [0.2, 0.25) is 5.91 Å². The van der Waals surface area contributed by atoms with Crippen molar-refractivity contribution >= 4 is 11.9 Å². The fourth-order valence-corrected chi connectivity index (χ4v) is 2.28. The van der Waals surface area contributed by atoms with Gasteiger partial charge in [0.1, 0.15) is 17.1 Å². The molecule has 1 amide bonds. The second kappa shape index (κ2) is 6.56. The largest absolute Gasteiger partial charge is 0.478 e. The monoisotopic (exact) mass is 281 g/mol. The number of hydrogen-bond donors (Lipinski definition) is 2. The van der Waals surface area contributed by atoms with E-state index in [0.717, 1.165) is 25.9 Å². The summed E-state index contributed by atoms with van der Waals surface area (Å²) in [5.74, 6) is -0.350. The lowest BCUT2D eigenvalue weighted by Crippen LogP contribution is -2.30. The van der Waals surface area contributed by atoms with Crippen molar-refractivity contribution < 1.29 is 23.8 Å². The highest BCUT2D eigenvalue weighted by Gasteiger charge is 2.18. The van der Waals surface area contributed by atoms with Crippen molar-refractivity contribution in [3.05, 3.63) is 23.2 Å². The van der Waals surface area contributed by atoms with Crippen LogP contribution in [0.4, 0.5) is 0 Å². The maximum atomic E-state index is 11.8. The van der Waals surface area contributed by atoms with Gasteiger partial charge < -0.3 is 19.6 Å². The minimum absolute atomic E-state index is 0.00309. The number of hydrogen-bond acceptors (Lipinski definition) is 4. The second-order valence-electron chi connectivity index (χ2n) is 4.96. The minimum atomic E-state index is -1.03. The van der Waals surface area contributed by atoms with Crippen LogP contribution >= 0.6 is 0 Å². The Bertz CT molecular complexity index is 488. The van der Waals surface area contributed by atoms with E-state index in [0.29, 0.717) is 17.9 Å². The molecule has 1 saturated heterocycles. The van der Waals surface area contributed by atoms with Crippen molar-refractivity contribution in [3.8, 4) is 0 Å². The molecule has 2 heterocycles. The van der Waals surface area contributed by atoms with Crippen molar-refractivity contribution in [2.24, 2.45) is 0 Å². The smallest absolute Gasteiger partial charge is 0.339 e. The molecular formula is C14H19NO5. The molecule has 1 aliphatic heterocycles. The van der Waals surface area contributed by atoms with E-state index >= 15 is 0 Å². The lowest BCUT2D eigenvalue weighted by molar-refractivity contribution is -0.125. The van der Waals surface area contributed by atoms with E-state index in [4.69, 9.17) is 14.3 Å². The molecule has 0 spiro atoms. The molecule has 2 N–H and O–H groups in total. The van der Waals surface area contributed by atoms with Crippen LogP contribution in [0.3, 0.4) is 0 Å². The zero-order valence-corrected chi connectivity index (χ0v) is 11.5. The molecule has 0 saturated carbocycles. The molecule has 0 radical (unpaired) electrons. The maximum absolute atomic E-state index is 11.8. The predicted octanol–water partition coefficient (Wildman–Crippen LogP) is 1.86. The Morgan fingerprint density at radius 3 is 2.85 bits per heavy atom. The van der Waals surface area contributed by atoms with Crippen LogP contribution in [0, 0.1) is 6.92 Å². The molecule has 0 unspecified atom stereocenters. The van der Waals surface area contributed by atoms with E-state index in [1.807, 2.05) is 0 Å². The third-order valence-corrected chi connectivity index (χ3v) is 3.35. The molecule has 110 valence electrons. The third kappa shape index (κ3) is 3.84. The summed E-state index contributed by atoms with van der Waals surface area (Å²) < 4.78 is 10.8. The van der Waals surface area contributed by atoms with Crippen LogP contribution < -0.4 is 5.32 Å². The Kier molecular flexibility index (Phi) is 4.79. The number of nitrogens with one attached hydrogen (secondary N) is 1. The van der Waals surface area contributed by atoms with E-state index in [-0.39, 0.29) is 24.1 Å². The summed E-state index contributed by atoms with van der Waals surface area (Å²) in [5, 5.41) is 11.6. The lowest BCUT2D eigenvalue weighted by Gasteiger charge is -2.21. The van der Waals surface area contributed by atoms with Gasteiger partial charge in [0.25, 0.3) is 0 Å². The number of aromatic carboxylic acids is 1. The first-order valence-electron chi connectivity index (χ1n) is 6.77. The Morgan fingerprint density at radius 2 is 2.25 bits per heavy atom. The van der Waals surface area contributed by atoms with Gasteiger partial charge in [-0.15, -0.1) is 0 Å². The summed E-state index contributed by atoms with van der Waals surface area (Å²) in [6, 6.07) is 1.44. The number of aryl methyl sites for hydroxylation is 1. The number of furan rings is 1. The number of ether oxygens (including phenoxy) is 1. The normalized spacial score (nSPS) is 18.8. The highest BCUT2D eigenvalue weighted by Crippen LogP contribution is 2.16. The third-order valence-electron chi connectivity index (χ3n) is 3.35. The van der Waals surface area contributed by atoms with Crippen LogP contribution in [0.2, 0.25) is 0 Å². The Morgan fingerprint density at radius 1 is 1.45 bits per heavy atom. The van der Waals surface area contributed by atoms with Gasteiger partial charge in [-0.1, -0.05) is 0 Å². The highest BCUT2D eigenvalue weighted by atomic mass is 16.5. The predicted molar refractivity (Wildman–Crippen MR) is 70.5 cm³/mol. The van der Waals surface area contributed by atoms with Crippen LogP contribution in [-0.2, 0) is 16.1 Å². The number of carboxylic acids is 1. The number of carbonyl (C=O) groups excluding carboxylic acids is 1. The maximum Gasteiger partial charge on any atom is 0.339 e. The summed E-state index contributed by atoms with van der Waals surface area (Å²) >= 11 is 0. The topological polar surface area (TPSA) is 88.8 Å². The van der Waals surface area contributed by atoms with Crippen molar-refractivity contribution in [1.29, 1.82) is 0 Å². The van der Waals surface area contributed by atoms with Crippen LogP contribution in [0.15, 0.2) is 10.5 Å². The molecule has 1 aromatic heterocycles.